The van der Waals surface area contributed by atoms with Gasteiger partial charge in [-0.15, -0.1) is 0 Å². The van der Waals surface area contributed by atoms with Crippen LogP contribution in [0.15, 0.2) is 46.6 Å². The van der Waals surface area contributed by atoms with Gasteiger partial charge in [-0.05, 0) is 61.3 Å². The average Bonchev–Trinajstić information content (AvgIpc) is 3.26. The van der Waals surface area contributed by atoms with E-state index in [-0.39, 0.29) is 11.9 Å². The summed E-state index contributed by atoms with van der Waals surface area (Å²) in [6.45, 7) is 0.558. The number of aromatic amines is 1. The van der Waals surface area contributed by atoms with Gasteiger partial charge in [0, 0.05) is 11.8 Å². The molecule has 4 rings (SSSR count). The number of nitrogens with zero attached hydrogens (tertiary/aromatic N) is 2. The number of H-pyrrole nitrogens is 1. The Morgan fingerprint density at radius 1 is 1.07 bits per heavy atom. The van der Waals surface area contributed by atoms with Gasteiger partial charge >= 0.3 is 0 Å². The highest BCUT2D eigenvalue weighted by atomic mass is 19.1. The molecule has 1 saturated carbocycles. The first-order chi connectivity index (χ1) is 14.7. The second-order valence-corrected chi connectivity index (χ2v) is 8.73. The number of rotatable bonds is 9. The van der Waals surface area contributed by atoms with Gasteiger partial charge in [-0.25, -0.2) is 9.92 Å². The molecule has 1 fully saturated rings. The number of aliphatic imine (C=N–C) groups is 1. The number of anilines is 1. The fourth-order valence-corrected chi connectivity index (χ4v) is 5.04. The molecular formula is C24H32FN5. The van der Waals surface area contributed by atoms with E-state index in [1.165, 1.54) is 44.1 Å². The minimum atomic E-state index is -0.157. The standard InChI is InChI=1S/C24H32FN5/c25-20-12-8-18(9-13-20)5-3-1-2-4-17-6-10-19(11-7-17)22(30-26)23-21-14-15-27-24(21)29-16-28-23/h8-9,12-15,17,19,22,26-27,29H,1-7,10-11,16H2. The van der Waals surface area contributed by atoms with Crippen LogP contribution in [0.5, 0.6) is 0 Å². The van der Waals surface area contributed by atoms with E-state index in [0.717, 1.165) is 42.3 Å². The number of aromatic nitrogens is 1. The minimum absolute atomic E-state index is 0.113. The van der Waals surface area contributed by atoms with Crippen molar-refractivity contribution in [3.8, 4) is 0 Å². The molecule has 30 heavy (non-hydrogen) atoms. The van der Waals surface area contributed by atoms with Gasteiger partial charge in [0.2, 0.25) is 0 Å². The summed E-state index contributed by atoms with van der Waals surface area (Å²) in [5, 5.41) is 7.26. The lowest BCUT2D eigenvalue weighted by atomic mass is 9.75. The molecule has 1 aliphatic heterocycles. The van der Waals surface area contributed by atoms with E-state index in [9.17, 15) is 4.39 Å². The first-order valence-corrected chi connectivity index (χ1v) is 11.3. The molecule has 5 nitrogen and oxygen atoms in total. The van der Waals surface area contributed by atoms with Gasteiger partial charge in [-0.2, -0.15) is 5.11 Å². The van der Waals surface area contributed by atoms with Gasteiger partial charge in [0.1, 0.15) is 24.3 Å². The molecule has 3 N–H and O–H groups in total. The van der Waals surface area contributed by atoms with Gasteiger partial charge < -0.3 is 10.3 Å². The Morgan fingerprint density at radius 3 is 2.63 bits per heavy atom. The number of hydrogen-bond donors (Lipinski definition) is 3. The molecule has 0 bridgehead atoms. The summed E-state index contributed by atoms with van der Waals surface area (Å²) < 4.78 is 13.0. The van der Waals surface area contributed by atoms with E-state index in [1.54, 1.807) is 12.1 Å². The zero-order valence-corrected chi connectivity index (χ0v) is 17.5. The van der Waals surface area contributed by atoms with Crippen LogP contribution in [0.3, 0.4) is 0 Å². The number of hydrogen-bond acceptors (Lipinski definition) is 4. The average molecular weight is 410 g/mol. The molecule has 6 heteroatoms. The van der Waals surface area contributed by atoms with Gasteiger partial charge in [0.05, 0.1) is 5.71 Å². The second kappa shape index (κ2) is 10.0. The topological polar surface area (TPSA) is 76.4 Å². The van der Waals surface area contributed by atoms with Crippen molar-refractivity contribution < 1.29 is 4.39 Å². The van der Waals surface area contributed by atoms with E-state index in [2.05, 4.69) is 20.4 Å². The molecule has 2 aliphatic rings. The van der Waals surface area contributed by atoms with Gasteiger partial charge in [-0.3, -0.25) is 4.99 Å². The number of unbranched alkanes of at least 4 members (excludes halogenated alkanes) is 2. The van der Waals surface area contributed by atoms with Gasteiger partial charge in [0.15, 0.2) is 0 Å². The third-order valence-electron chi connectivity index (χ3n) is 6.78. The lowest BCUT2D eigenvalue weighted by molar-refractivity contribution is 0.247. The summed E-state index contributed by atoms with van der Waals surface area (Å²) in [4.78, 5) is 7.87. The summed E-state index contributed by atoms with van der Waals surface area (Å²) in [5.41, 5.74) is 11.1. The normalized spacial score (nSPS) is 22.0. The van der Waals surface area contributed by atoms with Crippen molar-refractivity contribution in [2.75, 3.05) is 12.0 Å². The van der Waals surface area contributed by atoms with E-state index >= 15 is 0 Å². The lowest BCUT2D eigenvalue weighted by Gasteiger charge is -2.33. The third kappa shape index (κ3) is 4.97. The fourth-order valence-electron chi connectivity index (χ4n) is 5.04. The minimum Gasteiger partial charge on any atom is -0.352 e. The predicted octanol–water partition coefficient (Wildman–Crippen LogP) is 6.33. The Labute approximate surface area is 178 Å². The fraction of sp³-hybridized carbons (Fsp3) is 0.542. The lowest BCUT2D eigenvalue weighted by Crippen LogP contribution is -2.34. The van der Waals surface area contributed by atoms with Crippen LogP contribution in [0, 0.1) is 23.2 Å². The molecule has 160 valence electrons. The van der Waals surface area contributed by atoms with E-state index in [4.69, 9.17) is 5.53 Å². The first-order valence-electron chi connectivity index (χ1n) is 11.3. The molecule has 1 aromatic carbocycles. The molecule has 0 spiro atoms. The van der Waals surface area contributed by atoms with E-state index in [1.807, 2.05) is 24.4 Å². The first kappa shape index (κ1) is 20.8. The Hall–Kier alpha value is -2.50. The Morgan fingerprint density at radius 2 is 1.87 bits per heavy atom. The van der Waals surface area contributed by atoms with Crippen LogP contribution >= 0.6 is 0 Å². The van der Waals surface area contributed by atoms with E-state index in [0.29, 0.717) is 12.6 Å². The highest BCUT2D eigenvalue weighted by Crippen LogP contribution is 2.36. The molecule has 2 heterocycles. The number of fused-ring (bicyclic) bond motifs is 1. The third-order valence-corrected chi connectivity index (χ3v) is 6.78. The smallest absolute Gasteiger partial charge is 0.123 e. The Balaban J connectivity index is 1.19. The van der Waals surface area contributed by atoms with Crippen molar-refractivity contribution in [2.24, 2.45) is 21.9 Å². The van der Waals surface area contributed by atoms with Crippen molar-refractivity contribution in [3.63, 3.8) is 0 Å². The van der Waals surface area contributed by atoms with Crippen LogP contribution in [0.4, 0.5) is 10.2 Å². The molecule has 1 atom stereocenters. The SMILES string of the molecule is N=NC(C1=NCNc2[nH]ccc21)C1CCC(CCCCCc2ccc(F)cc2)CC1. The van der Waals surface area contributed by atoms with Crippen LogP contribution in [-0.4, -0.2) is 23.4 Å². The summed E-state index contributed by atoms with van der Waals surface area (Å²) in [6, 6.07) is 8.82. The largest absolute Gasteiger partial charge is 0.352 e. The van der Waals surface area contributed by atoms with Crippen molar-refractivity contribution in [3.05, 3.63) is 53.5 Å². The maximum absolute atomic E-state index is 13.0. The Bertz CT molecular complexity index is 849. The van der Waals surface area contributed by atoms with Crippen molar-refractivity contribution in [1.29, 1.82) is 5.53 Å². The summed E-state index contributed by atoms with van der Waals surface area (Å²) >= 11 is 0. The van der Waals surface area contributed by atoms with Crippen LogP contribution in [0.2, 0.25) is 0 Å². The molecule has 2 aromatic rings. The molecule has 1 aromatic heterocycles. The van der Waals surface area contributed by atoms with Crippen molar-refractivity contribution >= 4 is 11.5 Å². The number of nitrogens with one attached hydrogen (secondary N) is 3. The Kier molecular flexibility index (Phi) is 6.92. The molecule has 1 unspecified atom stereocenters. The summed E-state index contributed by atoms with van der Waals surface area (Å²) in [7, 11) is 0. The van der Waals surface area contributed by atoms with Crippen LogP contribution in [-0.2, 0) is 6.42 Å². The zero-order valence-electron chi connectivity index (χ0n) is 17.5. The quantitative estimate of drug-likeness (QED) is 0.328. The molecule has 0 radical (unpaired) electrons. The highest BCUT2D eigenvalue weighted by molar-refractivity contribution is 6.09. The number of halogens is 1. The van der Waals surface area contributed by atoms with Crippen molar-refractivity contribution in [2.45, 2.75) is 63.8 Å². The molecular weight excluding hydrogens is 377 g/mol. The van der Waals surface area contributed by atoms with Gasteiger partial charge in [0.25, 0.3) is 0 Å². The second-order valence-electron chi connectivity index (χ2n) is 8.73. The van der Waals surface area contributed by atoms with Gasteiger partial charge in [-0.1, -0.05) is 44.2 Å². The number of aryl methyl sites for hydroxylation is 1. The van der Waals surface area contributed by atoms with Crippen LogP contribution in [0.1, 0.15) is 62.5 Å². The number of benzene rings is 1. The molecule has 0 amide bonds. The molecule has 1 aliphatic carbocycles. The van der Waals surface area contributed by atoms with Crippen molar-refractivity contribution in [1.82, 2.24) is 4.98 Å². The zero-order chi connectivity index (χ0) is 20.8. The summed E-state index contributed by atoms with van der Waals surface area (Å²) in [5.74, 6) is 2.08. The van der Waals surface area contributed by atoms with E-state index < -0.39 is 0 Å². The monoisotopic (exact) mass is 409 g/mol. The molecule has 0 saturated heterocycles. The predicted molar refractivity (Wildman–Crippen MR) is 119 cm³/mol. The maximum atomic E-state index is 13.0. The highest BCUT2D eigenvalue weighted by Gasteiger charge is 2.33. The van der Waals surface area contributed by atoms with Crippen LogP contribution in [0.25, 0.3) is 0 Å². The van der Waals surface area contributed by atoms with Crippen LogP contribution < -0.4 is 5.32 Å². The maximum Gasteiger partial charge on any atom is 0.123 e. The summed E-state index contributed by atoms with van der Waals surface area (Å²) in [6.07, 6.45) is 12.7.